The number of phenols is 1. The third-order valence-electron chi connectivity index (χ3n) is 4.31. The van der Waals surface area contributed by atoms with Gasteiger partial charge in [0.15, 0.2) is 17.5 Å². The van der Waals surface area contributed by atoms with Gasteiger partial charge >= 0.3 is 0 Å². The van der Waals surface area contributed by atoms with Gasteiger partial charge in [-0.25, -0.2) is 9.98 Å². The Bertz CT molecular complexity index is 961. The van der Waals surface area contributed by atoms with Gasteiger partial charge in [-0.15, -0.1) is 0 Å². The van der Waals surface area contributed by atoms with Gasteiger partial charge in [0, 0.05) is 12.1 Å². The van der Waals surface area contributed by atoms with Gasteiger partial charge in [0.05, 0.1) is 33.0 Å². The van der Waals surface area contributed by atoms with Crippen molar-refractivity contribution in [2.75, 3.05) is 20.8 Å². The number of aliphatic imine (C=N–C) groups is 1. The van der Waals surface area contributed by atoms with E-state index in [1.165, 1.54) is 14.2 Å². The summed E-state index contributed by atoms with van der Waals surface area (Å²) in [5.74, 6) is 1.87. The van der Waals surface area contributed by atoms with Crippen LogP contribution >= 0.6 is 0 Å². The molecular formula is C22H26N4O4. The molecule has 8 nitrogen and oxygen atoms in total. The van der Waals surface area contributed by atoms with Gasteiger partial charge in [-0.2, -0.15) is 0 Å². The maximum absolute atomic E-state index is 10.0. The van der Waals surface area contributed by atoms with Crippen LogP contribution in [0.2, 0.25) is 0 Å². The molecule has 0 fully saturated rings. The number of oxazole rings is 1. The highest BCUT2D eigenvalue weighted by Gasteiger charge is 2.11. The second kappa shape index (κ2) is 10.2. The first-order chi connectivity index (χ1) is 14.6. The molecule has 3 rings (SSSR count). The molecule has 0 atom stereocenters. The Morgan fingerprint density at radius 3 is 2.43 bits per heavy atom. The van der Waals surface area contributed by atoms with E-state index in [9.17, 15) is 5.11 Å². The molecule has 1 aromatic heterocycles. The number of hydrogen-bond donors (Lipinski definition) is 3. The number of benzene rings is 2. The number of rotatable bonds is 8. The van der Waals surface area contributed by atoms with Crippen molar-refractivity contribution < 1.29 is 19.0 Å². The maximum Gasteiger partial charge on any atom is 0.226 e. The number of phenolic OH excluding ortho intramolecular Hbond substituents is 1. The van der Waals surface area contributed by atoms with E-state index in [0.717, 1.165) is 16.8 Å². The Hall–Kier alpha value is -3.68. The van der Waals surface area contributed by atoms with Crippen molar-refractivity contribution in [1.82, 2.24) is 15.6 Å². The number of nitrogens with zero attached hydrogens (tertiary/aromatic N) is 2. The number of aromatic nitrogens is 1. The summed E-state index contributed by atoms with van der Waals surface area (Å²) in [5, 5.41) is 16.5. The first kappa shape index (κ1) is 21.0. The normalized spacial score (nSPS) is 11.2. The van der Waals surface area contributed by atoms with Crippen molar-refractivity contribution in [3.05, 3.63) is 60.0 Å². The van der Waals surface area contributed by atoms with Crippen molar-refractivity contribution in [2.24, 2.45) is 4.99 Å². The van der Waals surface area contributed by atoms with Crippen LogP contribution in [0.5, 0.6) is 17.2 Å². The van der Waals surface area contributed by atoms with Crippen LogP contribution in [0.25, 0.3) is 11.5 Å². The lowest BCUT2D eigenvalue weighted by atomic mass is 10.2. The van der Waals surface area contributed by atoms with Crippen LogP contribution in [-0.2, 0) is 13.1 Å². The highest BCUT2D eigenvalue weighted by atomic mass is 16.5. The van der Waals surface area contributed by atoms with E-state index in [1.54, 1.807) is 18.4 Å². The molecule has 0 amide bonds. The SMILES string of the molecule is CCNC(=NCc1cc(OC)c(O)c(OC)c1)NCc1coc(-c2ccccc2)n1. The number of ether oxygens (including phenoxy) is 2. The lowest BCUT2D eigenvalue weighted by Crippen LogP contribution is -2.36. The highest BCUT2D eigenvalue weighted by molar-refractivity contribution is 5.79. The fourth-order valence-corrected chi connectivity index (χ4v) is 2.83. The number of guanidine groups is 1. The zero-order valence-corrected chi connectivity index (χ0v) is 17.3. The molecule has 8 heteroatoms. The Labute approximate surface area is 175 Å². The average molecular weight is 410 g/mol. The molecule has 0 aliphatic heterocycles. The van der Waals surface area contributed by atoms with E-state index in [-0.39, 0.29) is 5.75 Å². The second-order valence-electron chi connectivity index (χ2n) is 6.41. The van der Waals surface area contributed by atoms with E-state index in [0.29, 0.717) is 43.0 Å². The van der Waals surface area contributed by atoms with Gasteiger partial charge in [-0.3, -0.25) is 0 Å². The largest absolute Gasteiger partial charge is 0.502 e. The van der Waals surface area contributed by atoms with Crippen molar-refractivity contribution in [3.8, 4) is 28.7 Å². The van der Waals surface area contributed by atoms with Crippen LogP contribution in [0, 0.1) is 0 Å². The molecular weight excluding hydrogens is 384 g/mol. The van der Waals surface area contributed by atoms with Gasteiger partial charge in [0.1, 0.15) is 6.26 Å². The predicted molar refractivity (Wildman–Crippen MR) is 115 cm³/mol. The topological polar surface area (TPSA) is 101 Å². The molecule has 0 bridgehead atoms. The molecule has 0 aliphatic rings. The monoisotopic (exact) mass is 410 g/mol. The summed E-state index contributed by atoms with van der Waals surface area (Å²) in [6.45, 7) is 3.54. The van der Waals surface area contributed by atoms with Gasteiger partial charge < -0.3 is 29.6 Å². The quantitative estimate of drug-likeness (QED) is 0.387. The molecule has 0 saturated heterocycles. The molecule has 0 radical (unpaired) electrons. The first-order valence-corrected chi connectivity index (χ1v) is 9.60. The van der Waals surface area contributed by atoms with E-state index in [4.69, 9.17) is 13.9 Å². The van der Waals surface area contributed by atoms with Crippen LogP contribution in [-0.4, -0.2) is 36.8 Å². The standard InChI is InChI=1S/C22H26N4O4/c1-4-23-22(24-12-15-10-18(28-2)20(27)19(11-15)29-3)25-13-17-14-30-21(26-17)16-8-6-5-7-9-16/h5-11,14,27H,4,12-13H2,1-3H3,(H2,23,24,25). The van der Waals surface area contributed by atoms with Crippen LogP contribution in [0.3, 0.4) is 0 Å². The fourth-order valence-electron chi connectivity index (χ4n) is 2.83. The third kappa shape index (κ3) is 5.22. The summed E-state index contributed by atoms with van der Waals surface area (Å²) in [6.07, 6.45) is 1.63. The molecule has 0 spiro atoms. The number of hydrogen-bond acceptors (Lipinski definition) is 6. The predicted octanol–water partition coefficient (Wildman–Crippen LogP) is 3.32. The summed E-state index contributed by atoms with van der Waals surface area (Å²) in [6, 6.07) is 13.2. The van der Waals surface area contributed by atoms with E-state index in [1.807, 2.05) is 37.3 Å². The minimum absolute atomic E-state index is 0.0296. The Morgan fingerprint density at radius 1 is 1.10 bits per heavy atom. The number of methoxy groups -OCH3 is 2. The molecule has 3 N–H and O–H groups in total. The van der Waals surface area contributed by atoms with Gasteiger partial charge in [0.2, 0.25) is 11.6 Å². The van der Waals surface area contributed by atoms with Crippen molar-refractivity contribution in [3.63, 3.8) is 0 Å². The third-order valence-corrected chi connectivity index (χ3v) is 4.31. The molecule has 1 heterocycles. The zero-order valence-electron chi connectivity index (χ0n) is 17.3. The summed E-state index contributed by atoms with van der Waals surface area (Å²) >= 11 is 0. The van der Waals surface area contributed by atoms with Crippen LogP contribution < -0.4 is 20.1 Å². The Balaban J connectivity index is 1.68. The summed E-state index contributed by atoms with van der Waals surface area (Å²) in [7, 11) is 2.99. The lowest BCUT2D eigenvalue weighted by Gasteiger charge is -2.12. The smallest absolute Gasteiger partial charge is 0.226 e. The van der Waals surface area contributed by atoms with Crippen molar-refractivity contribution in [2.45, 2.75) is 20.0 Å². The van der Waals surface area contributed by atoms with E-state index >= 15 is 0 Å². The molecule has 0 saturated carbocycles. The minimum atomic E-state index is -0.0296. The Morgan fingerprint density at radius 2 is 1.80 bits per heavy atom. The maximum atomic E-state index is 10.0. The van der Waals surface area contributed by atoms with Gasteiger partial charge in [-0.1, -0.05) is 18.2 Å². The lowest BCUT2D eigenvalue weighted by molar-refractivity contribution is 0.339. The van der Waals surface area contributed by atoms with Crippen LogP contribution in [0.4, 0.5) is 0 Å². The Kier molecular flexibility index (Phi) is 7.15. The molecule has 0 unspecified atom stereocenters. The highest BCUT2D eigenvalue weighted by Crippen LogP contribution is 2.37. The number of nitrogens with one attached hydrogen (secondary N) is 2. The summed E-state index contributed by atoms with van der Waals surface area (Å²) < 4.78 is 16.0. The fraction of sp³-hybridized carbons (Fsp3) is 0.273. The molecule has 30 heavy (non-hydrogen) atoms. The molecule has 158 valence electrons. The molecule has 3 aromatic rings. The summed E-state index contributed by atoms with van der Waals surface area (Å²) in [4.78, 5) is 9.10. The van der Waals surface area contributed by atoms with Gasteiger partial charge in [0.25, 0.3) is 0 Å². The van der Waals surface area contributed by atoms with Gasteiger partial charge in [-0.05, 0) is 36.8 Å². The summed E-state index contributed by atoms with van der Waals surface area (Å²) in [5.41, 5.74) is 2.54. The second-order valence-corrected chi connectivity index (χ2v) is 6.41. The van der Waals surface area contributed by atoms with E-state index in [2.05, 4.69) is 20.6 Å². The average Bonchev–Trinajstić information content (AvgIpc) is 3.26. The molecule has 2 aromatic carbocycles. The van der Waals surface area contributed by atoms with Crippen LogP contribution in [0.15, 0.2) is 58.1 Å². The van der Waals surface area contributed by atoms with Crippen LogP contribution in [0.1, 0.15) is 18.2 Å². The van der Waals surface area contributed by atoms with E-state index < -0.39 is 0 Å². The minimum Gasteiger partial charge on any atom is -0.502 e. The number of aromatic hydroxyl groups is 1. The first-order valence-electron chi connectivity index (χ1n) is 9.60. The van der Waals surface area contributed by atoms with Crippen molar-refractivity contribution in [1.29, 1.82) is 0 Å². The van der Waals surface area contributed by atoms with Crippen molar-refractivity contribution >= 4 is 5.96 Å². The molecule has 0 aliphatic carbocycles. The zero-order chi connectivity index (χ0) is 21.3.